The molecule has 0 aliphatic rings. The number of hydrogen-bond acceptors (Lipinski definition) is 7. The summed E-state index contributed by atoms with van der Waals surface area (Å²) in [6.45, 7) is 4.28. The molecule has 0 saturated heterocycles. The van der Waals surface area contributed by atoms with Crippen molar-refractivity contribution in [2.75, 3.05) is 40.9 Å². The van der Waals surface area contributed by atoms with Crippen LogP contribution in [0.3, 0.4) is 0 Å². The third-order valence-electron chi connectivity index (χ3n) is 8.64. The lowest BCUT2D eigenvalue weighted by Crippen LogP contribution is -2.45. The first-order valence-electron chi connectivity index (χ1n) is 20.2. The number of aliphatic hydroxyl groups is 2. The van der Waals surface area contributed by atoms with E-state index in [0.717, 1.165) is 64.2 Å². The molecule has 0 rings (SSSR count). The first kappa shape index (κ1) is 50.2. The Balaban J connectivity index is 4.62. The number of amides is 1. The van der Waals surface area contributed by atoms with Crippen molar-refractivity contribution < 1.29 is 38.0 Å². The summed E-state index contributed by atoms with van der Waals surface area (Å²) in [5, 5.41) is 23.2. The number of rotatable bonds is 35. The SMILES string of the molecule is CCCCCCCCCCCC/C=C/[C@@H](O)[C@H](COP(=O)([O-])OCC[N+](C)(C)C)NC(=O)CCC/C=C\C/C=C\C/C=C\C/C=C\CC[C@H](O)CC. The fourth-order valence-electron chi connectivity index (χ4n) is 5.18. The van der Waals surface area contributed by atoms with Crippen LogP contribution < -0.4 is 10.2 Å². The molecule has 1 unspecified atom stereocenters. The fourth-order valence-corrected chi connectivity index (χ4v) is 5.90. The lowest BCUT2D eigenvalue weighted by atomic mass is 10.1. The number of hydrogen-bond donors (Lipinski definition) is 3. The number of carbonyl (C=O) groups is 1. The average Bonchev–Trinajstić information content (AvgIpc) is 3.09. The van der Waals surface area contributed by atoms with Gasteiger partial charge in [-0.15, -0.1) is 0 Å². The second kappa shape index (κ2) is 33.7. The standard InChI is InChI=1S/C42H77N2O7P/c1-6-8-9-10-11-12-13-19-22-25-28-31-34-41(46)40(38-51-52(48,49)50-37-36-44(3,4)5)43-42(47)35-32-29-26-23-20-17-15-14-16-18-21-24-27-30-33-39(45)7-2/h15-18,23-24,26-27,31,34,39-41,45-46H,6-14,19-22,25,28-30,32-33,35-38H2,1-5H3,(H-,43,47,48,49)/b17-15-,18-16-,26-23-,27-24-,34-31+/t39-,40+,41-/m1/s1. The third kappa shape index (κ3) is 35.2. The second-order valence-corrected chi connectivity index (χ2v) is 16.2. The Morgan fingerprint density at radius 1 is 0.731 bits per heavy atom. The number of phosphoric acid groups is 1. The van der Waals surface area contributed by atoms with Gasteiger partial charge in [0, 0.05) is 6.42 Å². The summed E-state index contributed by atoms with van der Waals surface area (Å²) in [6.07, 6.45) is 39.2. The Morgan fingerprint density at radius 3 is 1.81 bits per heavy atom. The van der Waals surface area contributed by atoms with Gasteiger partial charge in [-0.3, -0.25) is 9.36 Å². The van der Waals surface area contributed by atoms with Crippen LogP contribution in [-0.4, -0.2) is 79.8 Å². The summed E-state index contributed by atoms with van der Waals surface area (Å²) < 4.78 is 23.1. The smallest absolute Gasteiger partial charge is 0.268 e. The summed E-state index contributed by atoms with van der Waals surface area (Å²) in [5.74, 6) is -0.268. The van der Waals surface area contributed by atoms with Crippen molar-refractivity contribution in [3.05, 3.63) is 60.8 Å². The quantitative estimate of drug-likeness (QED) is 0.0255. The molecular formula is C42H77N2O7P. The molecule has 10 heteroatoms. The summed E-state index contributed by atoms with van der Waals surface area (Å²) in [5.41, 5.74) is 0. The molecule has 0 spiro atoms. The van der Waals surface area contributed by atoms with Crippen molar-refractivity contribution in [1.29, 1.82) is 0 Å². The number of aliphatic hydroxyl groups excluding tert-OH is 2. The van der Waals surface area contributed by atoms with Gasteiger partial charge in [0.25, 0.3) is 7.82 Å². The maximum Gasteiger partial charge on any atom is 0.268 e. The summed E-state index contributed by atoms with van der Waals surface area (Å²) in [6, 6.07) is -0.925. The van der Waals surface area contributed by atoms with Gasteiger partial charge in [-0.2, -0.15) is 0 Å². The second-order valence-electron chi connectivity index (χ2n) is 14.8. The summed E-state index contributed by atoms with van der Waals surface area (Å²) >= 11 is 0. The molecule has 0 aromatic carbocycles. The van der Waals surface area contributed by atoms with E-state index >= 15 is 0 Å². The van der Waals surface area contributed by atoms with E-state index in [2.05, 4.69) is 60.8 Å². The molecule has 9 nitrogen and oxygen atoms in total. The third-order valence-corrected chi connectivity index (χ3v) is 9.60. The molecule has 0 aromatic heterocycles. The zero-order chi connectivity index (χ0) is 38.8. The minimum absolute atomic E-state index is 0.0202. The first-order chi connectivity index (χ1) is 24.9. The average molecular weight is 753 g/mol. The molecule has 0 radical (unpaired) electrons. The van der Waals surface area contributed by atoms with Gasteiger partial charge < -0.3 is 34.0 Å². The van der Waals surface area contributed by atoms with Crippen LogP contribution >= 0.6 is 7.82 Å². The fraction of sp³-hybridized carbons (Fsp3) is 0.738. The molecule has 4 atom stereocenters. The number of carbonyl (C=O) groups excluding carboxylic acids is 1. The van der Waals surface area contributed by atoms with E-state index in [9.17, 15) is 24.5 Å². The van der Waals surface area contributed by atoms with Crippen LogP contribution in [0.1, 0.15) is 142 Å². The van der Waals surface area contributed by atoms with Crippen molar-refractivity contribution >= 4 is 13.7 Å². The Morgan fingerprint density at radius 2 is 1.25 bits per heavy atom. The van der Waals surface area contributed by atoms with Crippen molar-refractivity contribution in [2.45, 2.75) is 161 Å². The van der Waals surface area contributed by atoms with Gasteiger partial charge in [-0.1, -0.05) is 132 Å². The molecular weight excluding hydrogens is 675 g/mol. The number of phosphoric ester groups is 1. The molecule has 0 saturated carbocycles. The monoisotopic (exact) mass is 753 g/mol. The number of nitrogens with zero attached hydrogens (tertiary/aromatic N) is 1. The van der Waals surface area contributed by atoms with Crippen LogP contribution in [0.4, 0.5) is 0 Å². The van der Waals surface area contributed by atoms with Gasteiger partial charge in [-0.05, 0) is 64.2 Å². The Labute approximate surface area is 318 Å². The summed E-state index contributed by atoms with van der Waals surface area (Å²) in [7, 11) is 1.19. The predicted octanol–water partition coefficient (Wildman–Crippen LogP) is 9.02. The maximum atomic E-state index is 12.8. The minimum atomic E-state index is -4.61. The summed E-state index contributed by atoms with van der Waals surface area (Å²) in [4.78, 5) is 25.2. The minimum Gasteiger partial charge on any atom is -0.756 e. The van der Waals surface area contributed by atoms with E-state index in [0.29, 0.717) is 17.4 Å². The highest BCUT2D eigenvalue weighted by Crippen LogP contribution is 2.38. The number of quaternary nitrogens is 1. The van der Waals surface area contributed by atoms with Crippen LogP contribution in [0.25, 0.3) is 0 Å². The molecule has 0 bridgehead atoms. The highest BCUT2D eigenvalue weighted by Gasteiger charge is 2.23. The van der Waals surface area contributed by atoms with Crippen LogP contribution in [-0.2, 0) is 18.4 Å². The van der Waals surface area contributed by atoms with E-state index in [1.807, 2.05) is 34.1 Å². The molecule has 0 heterocycles. The Bertz CT molecular complexity index is 1050. The van der Waals surface area contributed by atoms with Gasteiger partial charge in [0.15, 0.2) is 0 Å². The molecule has 52 heavy (non-hydrogen) atoms. The highest BCUT2D eigenvalue weighted by atomic mass is 31.2. The van der Waals surface area contributed by atoms with Crippen molar-refractivity contribution in [3.8, 4) is 0 Å². The molecule has 0 aliphatic carbocycles. The van der Waals surface area contributed by atoms with Gasteiger partial charge in [-0.25, -0.2) is 0 Å². The normalized spacial score (nSPS) is 15.8. The highest BCUT2D eigenvalue weighted by molar-refractivity contribution is 7.45. The van der Waals surface area contributed by atoms with Gasteiger partial charge in [0.1, 0.15) is 13.2 Å². The van der Waals surface area contributed by atoms with E-state index in [1.54, 1.807) is 6.08 Å². The zero-order valence-electron chi connectivity index (χ0n) is 33.6. The topological polar surface area (TPSA) is 128 Å². The van der Waals surface area contributed by atoms with E-state index < -0.39 is 26.6 Å². The van der Waals surface area contributed by atoms with Gasteiger partial charge in [0.05, 0.1) is 46.0 Å². The van der Waals surface area contributed by atoms with Crippen LogP contribution in [0.5, 0.6) is 0 Å². The van der Waals surface area contributed by atoms with Crippen molar-refractivity contribution in [1.82, 2.24) is 5.32 Å². The molecule has 302 valence electrons. The van der Waals surface area contributed by atoms with Gasteiger partial charge >= 0.3 is 0 Å². The number of nitrogens with one attached hydrogen (secondary N) is 1. The number of allylic oxidation sites excluding steroid dienone is 9. The molecule has 0 aromatic rings. The van der Waals surface area contributed by atoms with Crippen LogP contribution in [0.2, 0.25) is 0 Å². The van der Waals surface area contributed by atoms with Crippen LogP contribution in [0, 0.1) is 0 Å². The number of likely N-dealkylation sites (N-methyl/N-ethyl adjacent to an activating group) is 1. The lowest BCUT2D eigenvalue weighted by Gasteiger charge is -2.29. The Hall–Kier alpha value is -1.84. The Kier molecular flexibility index (Phi) is 32.5. The largest absolute Gasteiger partial charge is 0.756 e. The number of unbranched alkanes of at least 4 members (excludes halogenated alkanes) is 11. The van der Waals surface area contributed by atoms with Crippen molar-refractivity contribution in [2.24, 2.45) is 0 Å². The molecule has 1 amide bonds. The van der Waals surface area contributed by atoms with E-state index in [1.165, 1.54) is 51.4 Å². The van der Waals surface area contributed by atoms with E-state index in [4.69, 9.17) is 9.05 Å². The molecule has 0 aliphatic heterocycles. The lowest BCUT2D eigenvalue weighted by molar-refractivity contribution is -0.870. The molecule has 3 N–H and O–H groups in total. The van der Waals surface area contributed by atoms with Gasteiger partial charge in [0.2, 0.25) is 5.91 Å². The zero-order valence-corrected chi connectivity index (χ0v) is 34.5. The van der Waals surface area contributed by atoms with E-state index in [-0.39, 0.29) is 25.0 Å². The van der Waals surface area contributed by atoms with Crippen molar-refractivity contribution in [3.63, 3.8) is 0 Å². The maximum absolute atomic E-state index is 12.8. The van der Waals surface area contributed by atoms with Crippen LogP contribution in [0.15, 0.2) is 60.8 Å². The molecule has 0 fully saturated rings. The first-order valence-corrected chi connectivity index (χ1v) is 21.7. The predicted molar refractivity (Wildman–Crippen MR) is 216 cm³/mol.